The van der Waals surface area contributed by atoms with Crippen molar-refractivity contribution in [3.05, 3.63) is 12.3 Å². The zero-order valence-corrected chi connectivity index (χ0v) is 5.03. The second-order valence-corrected chi connectivity index (χ2v) is 1.85. The second kappa shape index (κ2) is 3.12. The molecule has 1 unspecified atom stereocenters. The van der Waals surface area contributed by atoms with Crippen LogP contribution >= 0.6 is 0 Å². The van der Waals surface area contributed by atoms with Gasteiger partial charge in [-0.05, 0) is 6.08 Å². The van der Waals surface area contributed by atoms with E-state index in [1.54, 1.807) is 6.08 Å². The molecule has 3 heteroatoms. The highest BCUT2D eigenvalue weighted by Crippen LogP contribution is 2.03. The predicted octanol–water partition coefficient (Wildman–Crippen LogP) is 0.875. The number of aliphatic imine (C=N–C) groups is 1. The standard InChI is InChI=1S/C6H9NO2/c8-3-1-2-6-4-7-5-9-6/h1,3,5-6,8H,2,4H2. The number of hydrogen-bond acceptors (Lipinski definition) is 3. The molecule has 0 saturated carbocycles. The van der Waals surface area contributed by atoms with E-state index >= 15 is 0 Å². The van der Waals surface area contributed by atoms with Gasteiger partial charge >= 0.3 is 0 Å². The molecule has 0 amide bonds. The van der Waals surface area contributed by atoms with E-state index in [9.17, 15) is 0 Å². The molecule has 1 aliphatic heterocycles. The lowest BCUT2D eigenvalue weighted by atomic mass is 10.2. The second-order valence-electron chi connectivity index (χ2n) is 1.85. The molecule has 1 atom stereocenters. The van der Waals surface area contributed by atoms with Crippen LogP contribution in [0.15, 0.2) is 17.3 Å². The van der Waals surface area contributed by atoms with E-state index in [-0.39, 0.29) is 6.10 Å². The SMILES string of the molecule is OC=CCC1CN=CO1. The van der Waals surface area contributed by atoms with Crippen molar-refractivity contribution in [2.24, 2.45) is 4.99 Å². The average molecular weight is 127 g/mol. The Kier molecular flexibility index (Phi) is 2.13. The maximum atomic E-state index is 8.25. The molecule has 0 aromatic rings. The van der Waals surface area contributed by atoms with Crippen molar-refractivity contribution < 1.29 is 9.84 Å². The molecule has 9 heavy (non-hydrogen) atoms. The highest BCUT2D eigenvalue weighted by Gasteiger charge is 2.08. The molecule has 0 aliphatic carbocycles. The van der Waals surface area contributed by atoms with Gasteiger partial charge in [-0.2, -0.15) is 0 Å². The van der Waals surface area contributed by atoms with E-state index in [1.165, 1.54) is 6.40 Å². The predicted molar refractivity (Wildman–Crippen MR) is 34.6 cm³/mol. The van der Waals surface area contributed by atoms with Crippen LogP contribution in [0.5, 0.6) is 0 Å². The summed E-state index contributed by atoms with van der Waals surface area (Å²) in [7, 11) is 0. The minimum atomic E-state index is 0.147. The lowest BCUT2D eigenvalue weighted by Gasteiger charge is -2.02. The Morgan fingerprint density at radius 3 is 3.33 bits per heavy atom. The summed E-state index contributed by atoms with van der Waals surface area (Å²) >= 11 is 0. The summed E-state index contributed by atoms with van der Waals surface area (Å²) < 4.78 is 5.00. The van der Waals surface area contributed by atoms with Crippen molar-refractivity contribution in [3.63, 3.8) is 0 Å². The molecule has 1 aliphatic rings. The van der Waals surface area contributed by atoms with E-state index < -0.39 is 0 Å². The van der Waals surface area contributed by atoms with Crippen LogP contribution in [-0.2, 0) is 4.74 Å². The van der Waals surface area contributed by atoms with Crippen LogP contribution in [0.25, 0.3) is 0 Å². The Balaban J connectivity index is 2.14. The van der Waals surface area contributed by atoms with Crippen molar-refractivity contribution in [2.75, 3.05) is 6.54 Å². The molecule has 50 valence electrons. The number of hydrogen-bond donors (Lipinski definition) is 1. The Morgan fingerprint density at radius 1 is 1.89 bits per heavy atom. The van der Waals surface area contributed by atoms with Crippen molar-refractivity contribution in [2.45, 2.75) is 12.5 Å². The van der Waals surface area contributed by atoms with E-state index in [2.05, 4.69) is 4.99 Å². The molecule has 3 nitrogen and oxygen atoms in total. The minimum Gasteiger partial charge on any atom is -0.516 e. The zero-order valence-electron chi connectivity index (χ0n) is 5.03. The van der Waals surface area contributed by atoms with Gasteiger partial charge in [0.05, 0.1) is 12.8 Å². The molecule has 0 aromatic heterocycles. The molecule has 0 fully saturated rings. The van der Waals surface area contributed by atoms with Crippen LogP contribution in [0.1, 0.15) is 6.42 Å². The first kappa shape index (κ1) is 6.13. The Hall–Kier alpha value is -0.990. The molecular formula is C6H9NO2. The van der Waals surface area contributed by atoms with Crippen molar-refractivity contribution >= 4 is 6.40 Å². The molecule has 0 aromatic carbocycles. The van der Waals surface area contributed by atoms with Gasteiger partial charge in [0.25, 0.3) is 0 Å². The van der Waals surface area contributed by atoms with Gasteiger partial charge in [-0.1, -0.05) is 0 Å². The molecule has 0 bridgehead atoms. The van der Waals surface area contributed by atoms with Crippen molar-refractivity contribution in [1.29, 1.82) is 0 Å². The van der Waals surface area contributed by atoms with Crippen LogP contribution in [0.3, 0.4) is 0 Å². The van der Waals surface area contributed by atoms with Gasteiger partial charge in [-0.3, -0.25) is 4.99 Å². The fraction of sp³-hybridized carbons (Fsp3) is 0.500. The summed E-state index contributed by atoms with van der Waals surface area (Å²) in [6.07, 6.45) is 5.02. The lowest BCUT2D eigenvalue weighted by Crippen LogP contribution is -2.07. The number of aliphatic hydroxyl groups is 1. The summed E-state index contributed by atoms with van der Waals surface area (Å²) in [4.78, 5) is 3.85. The normalized spacial score (nSPS) is 25.1. The van der Waals surface area contributed by atoms with Gasteiger partial charge in [-0.25, -0.2) is 0 Å². The highest BCUT2D eigenvalue weighted by atomic mass is 16.5. The maximum absolute atomic E-state index is 8.25. The Bertz CT molecular complexity index is 123. The van der Waals surface area contributed by atoms with E-state index in [0.717, 1.165) is 12.7 Å². The van der Waals surface area contributed by atoms with Gasteiger partial charge < -0.3 is 9.84 Å². The molecule has 1 heterocycles. The molecule has 0 spiro atoms. The van der Waals surface area contributed by atoms with Crippen LogP contribution in [0, 0.1) is 0 Å². The van der Waals surface area contributed by atoms with Gasteiger partial charge in [0.1, 0.15) is 6.10 Å². The van der Waals surface area contributed by atoms with E-state index in [0.29, 0.717) is 6.54 Å². The number of ether oxygens (including phenoxy) is 1. The highest BCUT2D eigenvalue weighted by molar-refractivity contribution is 5.48. The van der Waals surface area contributed by atoms with E-state index in [1.807, 2.05) is 0 Å². The third-order valence-corrected chi connectivity index (χ3v) is 1.14. The third kappa shape index (κ3) is 1.76. The number of rotatable bonds is 2. The number of aliphatic hydroxyl groups excluding tert-OH is 1. The summed E-state index contributed by atoms with van der Waals surface area (Å²) in [6, 6.07) is 0. The summed E-state index contributed by atoms with van der Waals surface area (Å²) in [5.74, 6) is 0. The van der Waals surface area contributed by atoms with E-state index in [4.69, 9.17) is 9.84 Å². The minimum absolute atomic E-state index is 0.147. The summed E-state index contributed by atoms with van der Waals surface area (Å²) in [5.41, 5.74) is 0. The van der Waals surface area contributed by atoms with Crippen LogP contribution < -0.4 is 0 Å². The molecular weight excluding hydrogens is 118 g/mol. The van der Waals surface area contributed by atoms with Gasteiger partial charge in [0.15, 0.2) is 6.40 Å². The average Bonchev–Trinajstić information content (AvgIpc) is 2.34. The fourth-order valence-corrected chi connectivity index (χ4v) is 0.675. The van der Waals surface area contributed by atoms with Crippen LogP contribution in [0.2, 0.25) is 0 Å². The molecule has 0 radical (unpaired) electrons. The fourth-order valence-electron chi connectivity index (χ4n) is 0.675. The summed E-state index contributed by atoms with van der Waals surface area (Å²) in [5, 5.41) is 8.25. The number of nitrogens with zero attached hydrogens (tertiary/aromatic N) is 1. The van der Waals surface area contributed by atoms with Gasteiger partial charge in [0.2, 0.25) is 0 Å². The summed E-state index contributed by atoms with van der Waals surface area (Å²) in [6.45, 7) is 0.713. The van der Waals surface area contributed by atoms with Crippen molar-refractivity contribution in [3.8, 4) is 0 Å². The third-order valence-electron chi connectivity index (χ3n) is 1.14. The Morgan fingerprint density at radius 2 is 2.78 bits per heavy atom. The van der Waals surface area contributed by atoms with Crippen LogP contribution in [0.4, 0.5) is 0 Å². The first-order chi connectivity index (χ1) is 4.43. The molecule has 0 saturated heterocycles. The smallest absolute Gasteiger partial charge is 0.170 e. The first-order valence-corrected chi connectivity index (χ1v) is 2.86. The monoisotopic (exact) mass is 127 g/mol. The van der Waals surface area contributed by atoms with Gasteiger partial charge in [0, 0.05) is 6.42 Å². The largest absolute Gasteiger partial charge is 0.516 e. The zero-order chi connectivity index (χ0) is 6.53. The molecule has 1 N–H and O–H groups in total. The molecule has 1 rings (SSSR count). The maximum Gasteiger partial charge on any atom is 0.170 e. The lowest BCUT2D eigenvalue weighted by molar-refractivity contribution is 0.236. The van der Waals surface area contributed by atoms with Crippen molar-refractivity contribution in [1.82, 2.24) is 0 Å². The quantitative estimate of drug-likeness (QED) is 0.559. The van der Waals surface area contributed by atoms with Gasteiger partial charge in [-0.15, -0.1) is 0 Å². The first-order valence-electron chi connectivity index (χ1n) is 2.86. The van der Waals surface area contributed by atoms with Crippen LogP contribution in [-0.4, -0.2) is 24.2 Å². The topological polar surface area (TPSA) is 41.8 Å². The Labute approximate surface area is 53.7 Å².